The summed E-state index contributed by atoms with van der Waals surface area (Å²) in [6.45, 7) is 3.76. The Morgan fingerprint density at radius 3 is 2.05 bits per heavy atom. The zero-order valence-electron chi connectivity index (χ0n) is 11.4. The van der Waals surface area contributed by atoms with Gasteiger partial charge in [0.25, 0.3) is 5.91 Å². The summed E-state index contributed by atoms with van der Waals surface area (Å²) >= 11 is 0. The standard InChI is InChI=1S/C14H18N2O4/c1-8(2)7-11(14(19)20)16-13(18)10-5-3-9(4-6-10)12(15)17/h3-6,8,11H,7H2,1-2H3,(H2,15,17)(H,16,18)(H,19,20)/t11-/m0/s1. The molecule has 6 nitrogen and oxygen atoms in total. The lowest BCUT2D eigenvalue weighted by molar-refractivity contribution is -0.139. The van der Waals surface area contributed by atoms with Crippen LogP contribution in [-0.2, 0) is 4.79 Å². The summed E-state index contributed by atoms with van der Waals surface area (Å²) in [5.41, 5.74) is 5.67. The highest BCUT2D eigenvalue weighted by Gasteiger charge is 2.21. The highest BCUT2D eigenvalue weighted by Crippen LogP contribution is 2.08. The van der Waals surface area contributed by atoms with Crippen molar-refractivity contribution >= 4 is 17.8 Å². The summed E-state index contributed by atoms with van der Waals surface area (Å²) in [6.07, 6.45) is 0.348. The summed E-state index contributed by atoms with van der Waals surface area (Å²) in [5, 5.41) is 11.5. The first-order valence-corrected chi connectivity index (χ1v) is 6.24. The Bertz CT molecular complexity index is 508. The highest BCUT2D eigenvalue weighted by molar-refractivity contribution is 5.98. The van der Waals surface area contributed by atoms with Crippen LogP contribution >= 0.6 is 0 Å². The van der Waals surface area contributed by atoms with Crippen molar-refractivity contribution in [2.45, 2.75) is 26.3 Å². The molecule has 0 spiro atoms. The van der Waals surface area contributed by atoms with E-state index < -0.39 is 23.8 Å². The van der Waals surface area contributed by atoms with E-state index in [0.717, 1.165) is 0 Å². The van der Waals surface area contributed by atoms with Crippen LogP contribution in [0, 0.1) is 5.92 Å². The topological polar surface area (TPSA) is 109 Å². The molecule has 2 amide bonds. The SMILES string of the molecule is CC(C)C[C@H](NC(=O)c1ccc(C(N)=O)cc1)C(=O)O. The maximum atomic E-state index is 11.9. The van der Waals surface area contributed by atoms with E-state index >= 15 is 0 Å². The number of carbonyl (C=O) groups is 3. The summed E-state index contributed by atoms with van der Waals surface area (Å²) in [6, 6.07) is 4.79. The first kappa shape index (κ1) is 15.7. The molecule has 0 saturated heterocycles. The van der Waals surface area contributed by atoms with E-state index in [4.69, 9.17) is 10.8 Å². The van der Waals surface area contributed by atoms with Crippen molar-refractivity contribution in [3.8, 4) is 0 Å². The minimum absolute atomic E-state index is 0.147. The molecule has 0 heterocycles. The number of carboxylic acid groups (broad SMARTS) is 1. The molecular weight excluding hydrogens is 260 g/mol. The fraction of sp³-hybridized carbons (Fsp3) is 0.357. The lowest BCUT2D eigenvalue weighted by atomic mass is 10.0. The second-order valence-electron chi connectivity index (χ2n) is 4.94. The molecule has 0 aliphatic heterocycles. The van der Waals surface area contributed by atoms with Crippen LogP contribution < -0.4 is 11.1 Å². The van der Waals surface area contributed by atoms with Gasteiger partial charge in [-0.05, 0) is 36.6 Å². The predicted molar refractivity (Wildman–Crippen MR) is 73.3 cm³/mol. The van der Waals surface area contributed by atoms with Crippen LogP contribution in [0.3, 0.4) is 0 Å². The van der Waals surface area contributed by atoms with Gasteiger partial charge in [-0.25, -0.2) is 4.79 Å². The van der Waals surface area contributed by atoms with Gasteiger partial charge in [-0.1, -0.05) is 13.8 Å². The second kappa shape index (κ2) is 6.70. The Morgan fingerprint density at radius 2 is 1.65 bits per heavy atom. The largest absolute Gasteiger partial charge is 0.480 e. The number of benzene rings is 1. The monoisotopic (exact) mass is 278 g/mol. The van der Waals surface area contributed by atoms with E-state index in [1.165, 1.54) is 24.3 Å². The van der Waals surface area contributed by atoms with Crippen molar-refractivity contribution in [1.29, 1.82) is 0 Å². The van der Waals surface area contributed by atoms with Crippen LogP contribution in [-0.4, -0.2) is 28.9 Å². The third-order valence-corrected chi connectivity index (χ3v) is 2.74. The minimum Gasteiger partial charge on any atom is -0.480 e. The zero-order chi connectivity index (χ0) is 15.3. The molecule has 6 heteroatoms. The molecule has 108 valence electrons. The van der Waals surface area contributed by atoms with Gasteiger partial charge in [0, 0.05) is 11.1 Å². The fourth-order valence-electron chi connectivity index (χ4n) is 1.72. The molecule has 0 saturated carbocycles. The normalized spacial score (nSPS) is 11.9. The van der Waals surface area contributed by atoms with Gasteiger partial charge in [-0.2, -0.15) is 0 Å². The van der Waals surface area contributed by atoms with Crippen molar-refractivity contribution in [2.75, 3.05) is 0 Å². The smallest absolute Gasteiger partial charge is 0.326 e. The highest BCUT2D eigenvalue weighted by atomic mass is 16.4. The van der Waals surface area contributed by atoms with Gasteiger partial charge in [0.15, 0.2) is 0 Å². The first-order valence-electron chi connectivity index (χ1n) is 6.24. The summed E-state index contributed by atoms with van der Waals surface area (Å²) in [5.74, 6) is -2.00. The number of hydrogen-bond donors (Lipinski definition) is 3. The molecule has 0 bridgehead atoms. The van der Waals surface area contributed by atoms with Gasteiger partial charge in [0.2, 0.25) is 5.91 Å². The third-order valence-electron chi connectivity index (χ3n) is 2.74. The molecule has 0 radical (unpaired) electrons. The van der Waals surface area contributed by atoms with E-state index in [1.807, 2.05) is 13.8 Å². The van der Waals surface area contributed by atoms with E-state index in [9.17, 15) is 14.4 Å². The molecule has 20 heavy (non-hydrogen) atoms. The summed E-state index contributed by atoms with van der Waals surface area (Å²) in [7, 11) is 0. The predicted octanol–water partition coefficient (Wildman–Crippen LogP) is 1.01. The number of rotatable bonds is 6. The van der Waals surface area contributed by atoms with Gasteiger partial charge in [-0.3, -0.25) is 9.59 Å². The molecule has 0 unspecified atom stereocenters. The van der Waals surface area contributed by atoms with E-state index in [0.29, 0.717) is 12.0 Å². The third kappa shape index (κ3) is 4.38. The maximum absolute atomic E-state index is 11.9. The Morgan fingerprint density at radius 1 is 1.15 bits per heavy atom. The first-order chi connectivity index (χ1) is 9.31. The van der Waals surface area contributed by atoms with Gasteiger partial charge >= 0.3 is 5.97 Å². The molecule has 1 aromatic rings. The fourth-order valence-corrected chi connectivity index (χ4v) is 1.72. The summed E-state index contributed by atoms with van der Waals surface area (Å²) in [4.78, 5) is 33.9. The molecular formula is C14H18N2O4. The van der Waals surface area contributed by atoms with Gasteiger partial charge < -0.3 is 16.2 Å². The van der Waals surface area contributed by atoms with Gasteiger partial charge in [0.05, 0.1) is 0 Å². The van der Waals surface area contributed by atoms with Crippen molar-refractivity contribution in [3.63, 3.8) is 0 Å². The molecule has 0 fully saturated rings. The number of carbonyl (C=O) groups excluding carboxylic acids is 2. The second-order valence-corrected chi connectivity index (χ2v) is 4.94. The lowest BCUT2D eigenvalue weighted by Crippen LogP contribution is -2.41. The minimum atomic E-state index is -1.07. The number of nitrogens with two attached hydrogens (primary N) is 1. The molecule has 0 aromatic heterocycles. The zero-order valence-corrected chi connectivity index (χ0v) is 11.4. The van der Waals surface area contributed by atoms with E-state index in [-0.39, 0.29) is 11.5 Å². The molecule has 1 aromatic carbocycles. The number of amides is 2. The van der Waals surface area contributed by atoms with Crippen LogP contribution in [0.4, 0.5) is 0 Å². The quantitative estimate of drug-likeness (QED) is 0.721. The van der Waals surface area contributed by atoms with Gasteiger partial charge in [0.1, 0.15) is 6.04 Å². The van der Waals surface area contributed by atoms with E-state index in [1.54, 1.807) is 0 Å². The van der Waals surface area contributed by atoms with Crippen LogP contribution in [0.15, 0.2) is 24.3 Å². The number of aliphatic carboxylic acids is 1. The van der Waals surface area contributed by atoms with Crippen LogP contribution in [0.1, 0.15) is 41.0 Å². The maximum Gasteiger partial charge on any atom is 0.326 e. The van der Waals surface area contributed by atoms with Crippen molar-refractivity contribution in [3.05, 3.63) is 35.4 Å². The Hall–Kier alpha value is -2.37. The molecule has 4 N–H and O–H groups in total. The Kier molecular flexibility index (Phi) is 5.25. The lowest BCUT2D eigenvalue weighted by Gasteiger charge is -2.16. The van der Waals surface area contributed by atoms with Crippen molar-refractivity contribution in [1.82, 2.24) is 5.32 Å². The average Bonchev–Trinajstić information content (AvgIpc) is 2.37. The number of nitrogens with one attached hydrogen (secondary N) is 1. The average molecular weight is 278 g/mol. The molecule has 1 atom stereocenters. The van der Waals surface area contributed by atoms with Crippen LogP contribution in [0.5, 0.6) is 0 Å². The van der Waals surface area contributed by atoms with E-state index in [2.05, 4.69) is 5.32 Å². The molecule has 1 rings (SSSR count). The Balaban J connectivity index is 2.78. The summed E-state index contributed by atoms with van der Waals surface area (Å²) < 4.78 is 0. The molecule has 0 aliphatic rings. The number of hydrogen-bond acceptors (Lipinski definition) is 3. The Labute approximate surface area is 117 Å². The van der Waals surface area contributed by atoms with Gasteiger partial charge in [-0.15, -0.1) is 0 Å². The molecule has 0 aliphatic carbocycles. The van der Waals surface area contributed by atoms with Crippen LogP contribution in [0.25, 0.3) is 0 Å². The number of carboxylic acids is 1. The van der Waals surface area contributed by atoms with Crippen molar-refractivity contribution < 1.29 is 19.5 Å². The van der Waals surface area contributed by atoms with Crippen LogP contribution in [0.2, 0.25) is 0 Å². The number of primary amides is 1. The van der Waals surface area contributed by atoms with Crippen molar-refractivity contribution in [2.24, 2.45) is 11.7 Å².